The van der Waals surface area contributed by atoms with Gasteiger partial charge in [-0.3, -0.25) is 9.59 Å². The average Bonchev–Trinajstić information content (AvgIpc) is 3.28. The van der Waals surface area contributed by atoms with Crippen molar-refractivity contribution >= 4 is 23.2 Å². The van der Waals surface area contributed by atoms with E-state index in [1.54, 1.807) is 0 Å². The van der Waals surface area contributed by atoms with Gasteiger partial charge in [-0.15, -0.1) is 0 Å². The molecular formula is C33H32F5N3O4. The van der Waals surface area contributed by atoms with Crippen LogP contribution in [-0.4, -0.2) is 41.4 Å². The number of fused-ring (bicyclic) bond motifs is 3. The monoisotopic (exact) mass is 629 g/mol. The number of allylic oxidation sites excluding steroid dienone is 1. The molecule has 45 heavy (non-hydrogen) atoms. The fraction of sp³-hybridized carbons (Fsp3) is 0.485. The van der Waals surface area contributed by atoms with Crippen LogP contribution in [0.2, 0.25) is 0 Å². The van der Waals surface area contributed by atoms with Gasteiger partial charge in [-0.2, -0.15) is 13.2 Å². The van der Waals surface area contributed by atoms with Crippen LogP contribution in [0.3, 0.4) is 0 Å². The topological polar surface area (TPSA) is 100 Å². The van der Waals surface area contributed by atoms with Crippen molar-refractivity contribution in [3.8, 4) is 0 Å². The highest BCUT2D eigenvalue weighted by molar-refractivity contribution is 6.05. The first kappa shape index (κ1) is 29.9. The number of aliphatic hydroxyl groups excluding tert-OH is 1. The van der Waals surface area contributed by atoms with E-state index in [0.29, 0.717) is 55.0 Å². The average molecular weight is 630 g/mol. The van der Waals surface area contributed by atoms with Crippen molar-refractivity contribution in [1.29, 1.82) is 0 Å². The van der Waals surface area contributed by atoms with Gasteiger partial charge in [0.2, 0.25) is 5.91 Å². The van der Waals surface area contributed by atoms with Crippen molar-refractivity contribution in [1.82, 2.24) is 5.32 Å². The SMILES string of the molecule is O=C(N[C@@H]1C2CCC(/C2=C/C2CC2)[C@@H]1C(=O)Nc1ccc(F)c(C(F)(F)F)c1)c1cc(C2=NOC3CC(CO)CC23)ccc1F. The quantitative estimate of drug-likeness (QED) is 0.265. The van der Waals surface area contributed by atoms with Crippen LogP contribution in [-0.2, 0) is 15.8 Å². The molecule has 2 aromatic carbocycles. The van der Waals surface area contributed by atoms with E-state index in [2.05, 4.69) is 21.9 Å². The maximum absolute atomic E-state index is 15.1. The summed E-state index contributed by atoms with van der Waals surface area (Å²) < 4.78 is 69.0. The van der Waals surface area contributed by atoms with Crippen molar-refractivity contribution in [3.05, 3.63) is 76.4 Å². The summed E-state index contributed by atoms with van der Waals surface area (Å²) in [6, 6.07) is 5.70. The highest BCUT2D eigenvalue weighted by Crippen LogP contribution is 2.54. The molecule has 4 aliphatic carbocycles. The number of nitrogens with zero attached hydrogens (tertiary/aromatic N) is 1. The summed E-state index contributed by atoms with van der Waals surface area (Å²) in [4.78, 5) is 32.9. The Morgan fingerprint density at radius 3 is 2.47 bits per heavy atom. The molecule has 0 aromatic heterocycles. The molecule has 7 atom stereocenters. The van der Waals surface area contributed by atoms with Crippen LogP contribution >= 0.6 is 0 Å². The van der Waals surface area contributed by atoms with Gasteiger partial charge in [0.25, 0.3) is 5.91 Å². The third-order valence-corrected chi connectivity index (χ3v) is 10.1. The van der Waals surface area contributed by atoms with Gasteiger partial charge in [0.15, 0.2) is 0 Å². The van der Waals surface area contributed by atoms with E-state index in [4.69, 9.17) is 4.84 Å². The Kier molecular flexibility index (Phi) is 7.45. The molecule has 0 saturated heterocycles. The van der Waals surface area contributed by atoms with Crippen molar-refractivity contribution in [3.63, 3.8) is 0 Å². The number of rotatable bonds is 7. The van der Waals surface area contributed by atoms with Gasteiger partial charge in [0, 0.05) is 35.7 Å². The molecule has 0 spiro atoms. The number of halogens is 5. The molecule has 4 fully saturated rings. The number of hydrogen-bond acceptors (Lipinski definition) is 5. The van der Waals surface area contributed by atoms with Gasteiger partial charge in [-0.05, 0) is 86.6 Å². The molecule has 1 heterocycles. The fourth-order valence-electron chi connectivity index (χ4n) is 7.81. The van der Waals surface area contributed by atoms with Gasteiger partial charge < -0.3 is 20.6 Å². The van der Waals surface area contributed by atoms with Crippen LogP contribution < -0.4 is 10.6 Å². The normalized spacial score (nSPS) is 31.1. The minimum Gasteiger partial charge on any atom is -0.396 e. The Morgan fingerprint density at radius 1 is 0.978 bits per heavy atom. The molecule has 2 aromatic rings. The molecule has 1 aliphatic heterocycles. The van der Waals surface area contributed by atoms with Crippen LogP contribution in [0.5, 0.6) is 0 Å². The molecule has 7 nitrogen and oxygen atoms in total. The zero-order chi connectivity index (χ0) is 31.6. The van der Waals surface area contributed by atoms with Crippen LogP contribution in [0.1, 0.15) is 60.0 Å². The van der Waals surface area contributed by atoms with E-state index in [-0.39, 0.29) is 47.6 Å². The minimum absolute atomic E-state index is 0.0286. The smallest absolute Gasteiger partial charge is 0.396 e. The molecule has 4 saturated carbocycles. The molecule has 0 radical (unpaired) electrons. The lowest BCUT2D eigenvalue weighted by Gasteiger charge is -2.30. The van der Waals surface area contributed by atoms with E-state index < -0.39 is 47.1 Å². The predicted octanol–water partition coefficient (Wildman–Crippen LogP) is 5.83. The van der Waals surface area contributed by atoms with Crippen LogP contribution in [0.25, 0.3) is 0 Å². The second kappa shape index (κ2) is 11.2. The first-order chi connectivity index (χ1) is 21.5. The number of nitrogens with one attached hydrogen (secondary N) is 2. The van der Waals surface area contributed by atoms with Gasteiger partial charge in [0.05, 0.1) is 22.8 Å². The Bertz CT molecular complexity index is 1600. The summed E-state index contributed by atoms with van der Waals surface area (Å²) in [6.45, 7) is 0.0286. The van der Waals surface area contributed by atoms with Crippen molar-refractivity contribution in [2.75, 3.05) is 11.9 Å². The molecule has 7 rings (SSSR count). The summed E-state index contributed by atoms with van der Waals surface area (Å²) >= 11 is 0. The summed E-state index contributed by atoms with van der Waals surface area (Å²) in [5.41, 5.74) is 0.251. The van der Waals surface area contributed by atoms with Crippen LogP contribution in [0.15, 0.2) is 53.2 Å². The molecule has 238 valence electrons. The lowest BCUT2D eigenvalue weighted by Crippen LogP contribution is -2.48. The van der Waals surface area contributed by atoms with Gasteiger partial charge in [-0.1, -0.05) is 22.9 Å². The third kappa shape index (κ3) is 5.51. The zero-order valence-electron chi connectivity index (χ0n) is 24.1. The molecule has 2 amide bonds. The number of oxime groups is 1. The highest BCUT2D eigenvalue weighted by atomic mass is 19.4. The second-order valence-corrected chi connectivity index (χ2v) is 12.9. The number of carbonyl (C=O) groups excluding carboxylic acids is 2. The largest absolute Gasteiger partial charge is 0.419 e. The minimum atomic E-state index is -4.94. The number of carbonyl (C=O) groups is 2. The van der Waals surface area contributed by atoms with Gasteiger partial charge >= 0.3 is 6.18 Å². The number of aliphatic hydroxyl groups is 1. The number of benzene rings is 2. The third-order valence-electron chi connectivity index (χ3n) is 10.1. The van der Waals surface area contributed by atoms with Crippen LogP contribution in [0.4, 0.5) is 27.6 Å². The first-order valence-electron chi connectivity index (χ1n) is 15.4. The molecule has 2 bridgehead atoms. The van der Waals surface area contributed by atoms with E-state index in [0.717, 1.165) is 24.5 Å². The number of hydrogen-bond donors (Lipinski definition) is 3. The number of amides is 2. The van der Waals surface area contributed by atoms with Crippen molar-refractivity contribution in [2.24, 2.45) is 40.7 Å². The molecule has 3 N–H and O–H groups in total. The molecule has 12 heteroatoms. The van der Waals surface area contributed by atoms with Gasteiger partial charge in [0.1, 0.15) is 17.7 Å². The van der Waals surface area contributed by atoms with Crippen molar-refractivity contribution < 1.29 is 41.5 Å². The second-order valence-electron chi connectivity index (χ2n) is 12.9. The van der Waals surface area contributed by atoms with E-state index in [1.807, 2.05) is 0 Å². The maximum Gasteiger partial charge on any atom is 0.419 e. The molecule has 5 aliphatic rings. The molecule has 5 unspecified atom stereocenters. The fourth-order valence-corrected chi connectivity index (χ4v) is 7.81. The zero-order valence-corrected chi connectivity index (χ0v) is 24.1. The standard InChI is InChI=1S/C33H32F5N3O4/c34-25-7-3-17(29-23-10-16(14-42)11-27(23)45-41-29)12-22(25)31(43)40-30-20-6-5-19(21(20)9-15-1-2-15)28(30)32(44)39-18-4-8-26(35)24(13-18)33(36,37)38/h3-4,7-9,12-13,15-16,19-20,23,27-28,30,42H,1-2,5-6,10-11,14H2,(H,39,44)(H,40,43)/b21-9-/t16?,19?,20?,23?,27?,28-,30+/m0/s1. The lowest BCUT2D eigenvalue weighted by molar-refractivity contribution is -0.140. The summed E-state index contributed by atoms with van der Waals surface area (Å²) in [5, 5.41) is 19.2. The number of alkyl halides is 3. The first-order valence-corrected chi connectivity index (χ1v) is 15.4. The predicted molar refractivity (Wildman–Crippen MR) is 153 cm³/mol. The van der Waals surface area contributed by atoms with Crippen LogP contribution in [0, 0.1) is 47.1 Å². The highest BCUT2D eigenvalue weighted by Gasteiger charge is 2.55. The molecular weight excluding hydrogens is 597 g/mol. The Labute approximate surface area is 255 Å². The van der Waals surface area contributed by atoms with E-state index >= 15 is 4.39 Å². The Morgan fingerprint density at radius 2 is 1.73 bits per heavy atom. The van der Waals surface area contributed by atoms with E-state index in [9.17, 15) is 32.3 Å². The number of anilines is 1. The summed E-state index contributed by atoms with van der Waals surface area (Å²) in [5.74, 6) is -4.35. The Balaban J connectivity index is 1.15. The lowest BCUT2D eigenvalue weighted by atomic mass is 9.83. The van der Waals surface area contributed by atoms with E-state index in [1.165, 1.54) is 18.2 Å². The summed E-state index contributed by atoms with van der Waals surface area (Å²) in [7, 11) is 0. The van der Waals surface area contributed by atoms with Gasteiger partial charge in [-0.25, -0.2) is 8.78 Å². The summed E-state index contributed by atoms with van der Waals surface area (Å²) in [6.07, 6.45) is 1.78. The van der Waals surface area contributed by atoms with Crippen molar-refractivity contribution in [2.45, 2.75) is 56.8 Å². The maximum atomic E-state index is 15.1. The Hall–Kier alpha value is -3.80.